The highest BCUT2D eigenvalue weighted by molar-refractivity contribution is 6.31. The minimum Gasteiger partial charge on any atom is -0.450 e. The van der Waals surface area contributed by atoms with E-state index in [0.29, 0.717) is 28.1 Å². The molecule has 1 fully saturated rings. The van der Waals surface area contributed by atoms with Crippen molar-refractivity contribution in [3.63, 3.8) is 0 Å². The predicted octanol–water partition coefficient (Wildman–Crippen LogP) is 2.44. The van der Waals surface area contributed by atoms with Gasteiger partial charge in [0, 0.05) is 18.0 Å². The molecule has 0 unspecified atom stereocenters. The van der Waals surface area contributed by atoms with E-state index < -0.39 is 6.04 Å². The molecule has 8 heteroatoms. The summed E-state index contributed by atoms with van der Waals surface area (Å²) in [5.41, 5.74) is 0.998. The zero-order chi connectivity index (χ0) is 22.2. The van der Waals surface area contributed by atoms with Gasteiger partial charge in [0.15, 0.2) is 5.43 Å². The topological polar surface area (TPSA) is 64.2 Å². The third-order valence-electron chi connectivity index (χ3n) is 6.24. The highest BCUT2D eigenvalue weighted by Gasteiger charge is 2.42. The fraction of sp³-hybridized carbons (Fsp3) is 0.333. The lowest BCUT2D eigenvalue weighted by molar-refractivity contribution is -0.908. The minimum absolute atomic E-state index is 0.0536. The van der Waals surface area contributed by atoms with Crippen LogP contribution < -0.4 is 10.3 Å². The van der Waals surface area contributed by atoms with Gasteiger partial charge in [0.1, 0.15) is 24.5 Å². The first-order chi connectivity index (χ1) is 15.5. The van der Waals surface area contributed by atoms with Crippen LogP contribution in [0.25, 0.3) is 11.0 Å². The molecule has 2 aromatic carbocycles. The number of amides is 1. The van der Waals surface area contributed by atoms with Crippen molar-refractivity contribution in [1.29, 1.82) is 0 Å². The molecule has 6 nitrogen and oxygen atoms in total. The average Bonchev–Trinajstić information content (AvgIpc) is 3.08. The molecular weight excluding hydrogens is 435 g/mol. The Labute approximate surface area is 189 Å². The van der Waals surface area contributed by atoms with E-state index in [4.69, 9.17) is 20.8 Å². The maximum atomic E-state index is 13.6. The number of ether oxygens (including phenoxy) is 1. The largest absolute Gasteiger partial charge is 0.450 e. The molecule has 0 radical (unpaired) electrons. The van der Waals surface area contributed by atoms with Crippen LogP contribution in [0.3, 0.4) is 0 Å². The first-order valence-corrected chi connectivity index (χ1v) is 11.1. The van der Waals surface area contributed by atoms with Crippen molar-refractivity contribution in [2.45, 2.75) is 12.5 Å². The summed E-state index contributed by atoms with van der Waals surface area (Å²) < 4.78 is 24.9. The first kappa shape index (κ1) is 21.1. The second-order valence-corrected chi connectivity index (χ2v) is 8.67. The van der Waals surface area contributed by atoms with Crippen molar-refractivity contribution in [2.24, 2.45) is 0 Å². The summed E-state index contributed by atoms with van der Waals surface area (Å²) in [6, 6.07) is 10.1. The fourth-order valence-electron chi connectivity index (χ4n) is 4.62. The maximum absolute atomic E-state index is 13.6. The minimum atomic E-state index is -0.627. The number of quaternary nitrogens is 1. The van der Waals surface area contributed by atoms with E-state index in [2.05, 4.69) is 0 Å². The molecule has 5 rings (SSSR count). The number of rotatable bonds is 5. The van der Waals surface area contributed by atoms with Crippen LogP contribution in [0.4, 0.5) is 4.39 Å². The monoisotopic (exact) mass is 457 g/mol. The third-order valence-corrected chi connectivity index (χ3v) is 6.48. The van der Waals surface area contributed by atoms with E-state index in [1.807, 2.05) is 0 Å². The van der Waals surface area contributed by atoms with Crippen molar-refractivity contribution < 1.29 is 23.2 Å². The summed E-state index contributed by atoms with van der Waals surface area (Å²) in [7, 11) is 0. The molecule has 0 spiro atoms. The zero-order valence-electron chi connectivity index (χ0n) is 17.4. The molecule has 32 heavy (non-hydrogen) atoms. The van der Waals surface area contributed by atoms with Crippen molar-refractivity contribution in [3.8, 4) is 0 Å². The number of carbonyl (C=O) groups excluding carboxylic acids is 1. The number of morpholine rings is 1. The normalized spacial score (nSPS) is 19.0. The van der Waals surface area contributed by atoms with Crippen molar-refractivity contribution in [2.75, 3.05) is 39.4 Å². The molecule has 1 saturated heterocycles. The van der Waals surface area contributed by atoms with Gasteiger partial charge in [-0.05, 0) is 35.9 Å². The van der Waals surface area contributed by atoms with E-state index in [-0.39, 0.29) is 28.5 Å². The summed E-state index contributed by atoms with van der Waals surface area (Å²) in [5.74, 6) is -0.642. The smallest absolute Gasteiger partial charge is 0.290 e. The van der Waals surface area contributed by atoms with Crippen LogP contribution in [0.1, 0.15) is 34.1 Å². The summed E-state index contributed by atoms with van der Waals surface area (Å²) in [6.07, 6.45) is 0.770. The second-order valence-electron chi connectivity index (χ2n) is 8.23. The van der Waals surface area contributed by atoms with Gasteiger partial charge < -0.3 is 19.0 Å². The highest BCUT2D eigenvalue weighted by Crippen LogP contribution is 2.38. The van der Waals surface area contributed by atoms with E-state index in [1.54, 1.807) is 35.2 Å². The van der Waals surface area contributed by atoms with Crippen LogP contribution in [0.5, 0.6) is 0 Å². The Morgan fingerprint density at radius 3 is 2.59 bits per heavy atom. The molecule has 2 aliphatic heterocycles. The van der Waals surface area contributed by atoms with Gasteiger partial charge >= 0.3 is 0 Å². The summed E-state index contributed by atoms with van der Waals surface area (Å²) in [5, 5.41) is 0.744. The Morgan fingerprint density at radius 1 is 1.09 bits per heavy atom. The van der Waals surface area contributed by atoms with Crippen molar-refractivity contribution in [1.82, 2.24) is 4.90 Å². The number of hydrogen-bond acceptors (Lipinski definition) is 4. The Hall–Kier alpha value is -2.74. The van der Waals surface area contributed by atoms with Crippen LogP contribution in [0.15, 0.2) is 51.7 Å². The molecule has 1 atom stereocenters. The lowest BCUT2D eigenvalue weighted by Crippen LogP contribution is -3.14. The molecule has 1 N–H and O–H groups in total. The molecule has 0 aliphatic carbocycles. The first-order valence-electron chi connectivity index (χ1n) is 10.8. The van der Waals surface area contributed by atoms with E-state index in [0.717, 1.165) is 39.3 Å². The molecule has 0 bridgehead atoms. The lowest BCUT2D eigenvalue weighted by Gasteiger charge is -2.27. The SMILES string of the molecule is O=C1c2oc3ccc(Cl)cc3c(=O)c2[C@H](c2ccc(F)cc2)N1CCC[NH+]1CCOCC1. The van der Waals surface area contributed by atoms with Crippen LogP contribution in [-0.2, 0) is 4.74 Å². The second kappa shape index (κ2) is 8.65. The van der Waals surface area contributed by atoms with Gasteiger partial charge in [-0.3, -0.25) is 9.59 Å². The summed E-state index contributed by atoms with van der Waals surface area (Å²) in [6.45, 7) is 4.75. The number of nitrogens with zero attached hydrogens (tertiary/aromatic N) is 1. The maximum Gasteiger partial charge on any atom is 0.290 e. The van der Waals surface area contributed by atoms with Gasteiger partial charge in [0.25, 0.3) is 5.91 Å². The van der Waals surface area contributed by atoms with Crippen LogP contribution in [-0.4, -0.2) is 50.2 Å². The Morgan fingerprint density at radius 2 is 1.84 bits per heavy atom. The molecule has 1 aromatic heterocycles. The predicted molar refractivity (Wildman–Crippen MR) is 118 cm³/mol. The van der Waals surface area contributed by atoms with Crippen LogP contribution in [0, 0.1) is 5.82 Å². The van der Waals surface area contributed by atoms with E-state index in [1.165, 1.54) is 17.0 Å². The van der Waals surface area contributed by atoms with Crippen molar-refractivity contribution in [3.05, 3.63) is 80.4 Å². The molecule has 3 aromatic rings. The van der Waals surface area contributed by atoms with Gasteiger partial charge in [0.05, 0.1) is 36.8 Å². The Balaban J connectivity index is 1.53. The Kier molecular flexibility index (Phi) is 5.71. The number of nitrogens with one attached hydrogen (secondary N) is 1. The van der Waals surface area contributed by atoms with Gasteiger partial charge in [-0.1, -0.05) is 23.7 Å². The average molecular weight is 458 g/mol. The molecular formula is C24H23ClFN2O4+. The van der Waals surface area contributed by atoms with E-state index in [9.17, 15) is 14.0 Å². The van der Waals surface area contributed by atoms with Gasteiger partial charge in [0.2, 0.25) is 5.76 Å². The highest BCUT2D eigenvalue weighted by atomic mass is 35.5. The van der Waals surface area contributed by atoms with Gasteiger partial charge in [-0.2, -0.15) is 0 Å². The molecule has 2 aliphatic rings. The zero-order valence-corrected chi connectivity index (χ0v) is 18.2. The van der Waals surface area contributed by atoms with Gasteiger partial charge in [-0.25, -0.2) is 4.39 Å². The number of hydrogen-bond donors (Lipinski definition) is 1. The number of benzene rings is 2. The fourth-order valence-corrected chi connectivity index (χ4v) is 4.80. The number of halogens is 2. The third kappa shape index (κ3) is 3.81. The quantitative estimate of drug-likeness (QED) is 0.639. The molecule has 1 amide bonds. The molecule has 0 saturated carbocycles. The molecule has 3 heterocycles. The number of fused-ring (bicyclic) bond motifs is 2. The summed E-state index contributed by atoms with van der Waals surface area (Å²) in [4.78, 5) is 29.9. The van der Waals surface area contributed by atoms with Crippen molar-refractivity contribution >= 4 is 28.5 Å². The Bertz CT molecular complexity index is 1220. The standard InChI is InChI=1S/C24H22ClFN2O4/c25-16-4-7-19-18(14-16)22(29)20-21(15-2-5-17(26)6-3-15)28(24(30)23(20)32-19)9-1-8-27-10-12-31-13-11-27/h2-7,14,21H,1,8-13H2/p+1/t21-/m0/s1. The van der Waals surface area contributed by atoms with Crippen LogP contribution >= 0.6 is 11.6 Å². The summed E-state index contributed by atoms with van der Waals surface area (Å²) >= 11 is 6.10. The number of carbonyl (C=O) groups is 1. The van der Waals surface area contributed by atoms with Gasteiger partial charge in [-0.15, -0.1) is 0 Å². The van der Waals surface area contributed by atoms with Crippen LogP contribution in [0.2, 0.25) is 5.02 Å². The lowest BCUT2D eigenvalue weighted by atomic mass is 9.98. The molecule has 166 valence electrons. The van der Waals surface area contributed by atoms with E-state index >= 15 is 0 Å².